The minimum atomic E-state index is -0.242. The van der Waals surface area contributed by atoms with Gasteiger partial charge in [-0.05, 0) is 89.9 Å². The smallest absolute Gasteiger partial charge is 0.308 e. The van der Waals surface area contributed by atoms with Crippen LogP contribution in [-0.4, -0.2) is 30.6 Å². The Labute approximate surface area is 184 Å². The second kappa shape index (κ2) is 11.1. The Hall–Kier alpha value is -0.900. The lowest BCUT2D eigenvalue weighted by atomic mass is 9.72. The van der Waals surface area contributed by atoms with Crippen molar-refractivity contribution in [1.82, 2.24) is 0 Å². The molecular weight excluding hydrogens is 376 g/mol. The van der Waals surface area contributed by atoms with Crippen LogP contribution in [0.4, 0.5) is 0 Å². The molecule has 0 aromatic rings. The first-order valence-electron chi connectivity index (χ1n) is 12.4. The van der Waals surface area contributed by atoms with E-state index in [-0.39, 0.29) is 28.8 Å². The number of esters is 1. The van der Waals surface area contributed by atoms with Gasteiger partial charge in [-0.15, -0.1) is 0 Å². The first kappa shape index (κ1) is 25.4. The van der Waals surface area contributed by atoms with Crippen molar-refractivity contribution in [2.75, 3.05) is 13.2 Å². The van der Waals surface area contributed by atoms with E-state index < -0.39 is 0 Å². The van der Waals surface area contributed by atoms with Crippen LogP contribution in [0.25, 0.3) is 0 Å². The normalized spacial score (nSPS) is 28.2. The summed E-state index contributed by atoms with van der Waals surface area (Å²) in [6, 6.07) is 0. The second-order valence-corrected chi connectivity index (χ2v) is 11.1. The van der Waals surface area contributed by atoms with Gasteiger partial charge in [-0.25, -0.2) is 0 Å². The molecule has 0 saturated heterocycles. The molecule has 0 aromatic heterocycles. The quantitative estimate of drug-likeness (QED) is 0.385. The third kappa shape index (κ3) is 7.35. The van der Waals surface area contributed by atoms with E-state index in [0.717, 1.165) is 58.0 Å². The van der Waals surface area contributed by atoms with Gasteiger partial charge >= 0.3 is 5.97 Å². The van der Waals surface area contributed by atoms with Crippen molar-refractivity contribution in [2.24, 2.45) is 29.1 Å². The fourth-order valence-corrected chi connectivity index (χ4v) is 4.65. The maximum atomic E-state index is 12.7. The zero-order valence-corrected chi connectivity index (χ0v) is 20.4. The van der Waals surface area contributed by atoms with Crippen LogP contribution in [0.1, 0.15) is 106 Å². The monoisotopic (exact) mass is 422 g/mol. The summed E-state index contributed by atoms with van der Waals surface area (Å²) < 4.78 is 11.8. The Morgan fingerprint density at radius 1 is 0.733 bits per heavy atom. The van der Waals surface area contributed by atoms with Crippen LogP contribution in [0.15, 0.2) is 0 Å². The molecule has 0 spiro atoms. The fraction of sp³-hybridized carbons (Fsp3) is 0.923. The summed E-state index contributed by atoms with van der Waals surface area (Å²) in [7, 11) is 0. The first-order chi connectivity index (χ1) is 14.1. The van der Waals surface area contributed by atoms with E-state index in [1.807, 2.05) is 13.8 Å². The Balaban J connectivity index is 1.65. The molecule has 174 valence electrons. The third-order valence-electron chi connectivity index (χ3n) is 7.97. The molecule has 0 unspecified atom stereocenters. The molecule has 0 aromatic carbocycles. The maximum Gasteiger partial charge on any atom is 0.308 e. The van der Waals surface area contributed by atoms with Crippen molar-refractivity contribution < 1.29 is 19.1 Å². The number of carbonyl (C=O) groups is 2. The number of carbonyl (C=O) groups excluding carboxylic acids is 2. The average Bonchev–Trinajstić information content (AvgIpc) is 2.76. The molecule has 30 heavy (non-hydrogen) atoms. The molecule has 4 nitrogen and oxygen atoms in total. The molecule has 0 bridgehead atoms. The molecule has 0 amide bonds. The predicted octanol–water partition coefficient (Wildman–Crippen LogP) is 6.35. The number of Topliss-reactive ketones (excluding diaryl/α,β-unsaturated/α-hetero) is 1. The van der Waals surface area contributed by atoms with E-state index in [0.29, 0.717) is 24.2 Å². The highest BCUT2D eigenvalue weighted by Gasteiger charge is 2.36. The Morgan fingerprint density at radius 2 is 1.23 bits per heavy atom. The molecule has 2 saturated carbocycles. The topological polar surface area (TPSA) is 52.6 Å². The van der Waals surface area contributed by atoms with Crippen molar-refractivity contribution >= 4 is 11.8 Å². The Kier molecular flexibility index (Phi) is 9.39. The minimum Gasteiger partial charge on any atom is -0.465 e. The lowest BCUT2D eigenvalue weighted by Crippen LogP contribution is -2.34. The van der Waals surface area contributed by atoms with Crippen molar-refractivity contribution in [3.63, 3.8) is 0 Å². The zero-order valence-electron chi connectivity index (χ0n) is 20.4. The molecule has 2 fully saturated rings. The summed E-state index contributed by atoms with van der Waals surface area (Å²) in [6.07, 6.45) is 9.76. The van der Waals surface area contributed by atoms with Gasteiger partial charge in [0.05, 0.1) is 24.7 Å². The molecule has 4 heteroatoms. The van der Waals surface area contributed by atoms with Crippen molar-refractivity contribution in [3.05, 3.63) is 0 Å². The molecule has 0 heterocycles. The fourth-order valence-electron chi connectivity index (χ4n) is 4.65. The van der Waals surface area contributed by atoms with Gasteiger partial charge in [-0.3, -0.25) is 9.59 Å². The van der Waals surface area contributed by atoms with Crippen LogP contribution in [0.3, 0.4) is 0 Å². The van der Waals surface area contributed by atoms with Gasteiger partial charge in [0.25, 0.3) is 0 Å². The van der Waals surface area contributed by atoms with E-state index in [1.165, 1.54) is 12.8 Å². The highest BCUT2D eigenvalue weighted by molar-refractivity contribution is 5.86. The van der Waals surface area contributed by atoms with Gasteiger partial charge in [0.15, 0.2) is 0 Å². The van der Waals surface area contributed by atoms with E-state index >= 15 is 0 Å². The number of rotatable bonds is 10. The van der Waals surface area contributed by atoms with Gasteiger partial charge in [0.1, 0.15) is 5.78 Å². The molecule has 0 N–H and O–H groups in total. The van der Waals surface area contributed by atoms with E-state index in [4.69, 9.17) is 9.47 Å². The van der Waals surface area contributed by atoms with Gasteiger partial charge in [0.2, 0.25) is 0 Å². The summed E-state index contributed by atoms with van der Waals surface area (Å²) in [5.74, 6) is 1.58. The van der Waals surface area contributed by atoms with Crippen molar-refractivity contribution in [3.8, 4) is 0 Å². The van der Waals surface area contributed by atoms with Crippen LogP contribution < -0.4 is 0 Å². The molecule has 2 rings (SSSR count). The zero-order chi connectivity index (χ0) is 22.4. The van der Waals surface area contributed by atoms with Crippen LogP contribution >= 0.6 is 0 Å². The number of ketones is 1. The summed E-state index contributed by atoms with van der Waals surface area (Å²) in [4.78, 5) is 25.2. The largest absolute Gasteiger partial charge is 0.465 e. The van der Waals surface area contributed by atoms with Gasteiger partial charge in [-0.1, -0.05) is 27.7 Å². The van der Waals surface area contributed by atoms with Crippen molar-refractivity contribution in [2.45, 2.75) is 111 Å². The highest BCUT2D eigenvalue weighted by Crippen LogP contribution is 2.36. The van der Waals surface area contributed by atoms with Crippen molar-refractivity contribution in [1.29, 1.82) is 0 Å². The summed E-state index contributed by atoms with van der Waals surface area (Å²) in [5.41, 5.74) is -0.267. The lowest BCUT2D eigenvalue weighted by Gasteiger charge is -2.33. The summed E-state index contributed by atoms with van der Waals surface area (Å²) in [6.45, 7) is 14.1. The second-order valence-electron chi connectivity index (χ2n) is 11.1. The molecule has 2 aliphatic carbocycles. The van der Waals surface area contributed by atoms with E-state index in [9.17, 15) is 9.59 Å². The van der Waals surface area contributed by atoms with Crippen LogP contribution in [0.5, 0.6) is 0 Å². The van der Waals surface area contributed by atoms with Crippen LogP contribution in [0, 0.1) is 29.1 Å². The number of hydrogen-bond donors (Lipinski definition) is 0. The van der Waals surface area contributed by atoms with Crippen LogP contribution in [-0.2, 0) is 19.1 Å². The number of ether oxygens (including phenoxy) is 2. The minimum absolute atomic E-state index is 0.0141. The summed E-state index contributed by atoms with van der Waals surface area (Å²) in [5, 5.41) is 0. The van der Waals surface area contributed by atoms with E-state index in [1.54, 1.807) is 0 Å². The predicted molar refractivity (Wildman–Crippen MR) is 121 cm³/mol. The van der Waals surface area contributed by atoms with Crippen LogP contribution in [0.2, 0.25) is 0 Å². The highest BCUT2D eigenvalue weighted by atomic mass is 16.5. The van der Waals surface area contributed by atoms with Gasteiger partial charge < -0.3 is 9.47 Å². The standard InChI is InChI=1S/C26H46O4/c1-7-25(3,4)23(27)21-13-15-22(16-14-21)24(28)29-17-19-9-11-20(12-10-19)18-30-26(5,6)8-2/h19-22H,7-18H2,1-6H3. The molecule has 0 atom stereocenters. The average molecular weight is 423 g/mol. The molecular formula is C26H46O4. The van der Waals surface area contributed by atoms with Gasteiger partial charge in [-0.2, -0.15) is 0 Å². The molecule has 2 aliphatic rings. The number of hydrogen-bond acceptors (Lipinski definition) is 4. The van der Waals surface area contributed by atoms with Gasteiger partial charge in [0, 0.05) is 11.3 Å². The maximum absolute atomic E-state index is 12.7. The molecule has 0 aliphatic heterocycles. The third-order valence-corrected chi connectivity index (χ3v) is 7.97. The Morgan fingerprint density at radius 3 is 1.73 bits per heavy atom. The lowest BCUT2D eigenvalue weighted by molar-refractivity contribution is -0.153. The SMILES string of the molecule is CCC(C)(C)OCC1CCC(COC(=O)C2CCC(C(=O)C(C)(C)CC)CC2)CC1. The van der Waals surface area contributed by atoms with E-state index in [2.05, 4.69) is 27.7 Å². The molecule has 0 radical (unpaired) electrons. The Bertz CT molecular complexity index is 549. The summed E-state index contributed by atoms with van der Waals surface area (Å²) >= 11 is 0. The first-order valence-corrected chi connectivity index (χ1v) is 12.4.